The number of benzene rings is 3. The molecule has 4 aromatic rings. The fourth-order valence-electron chi connectivity index (χ4n) is 5.28. The second-order valence-electron chi connectivity index (χ2n) is 9.50. The summed E-state index contributed by atoms with van der Waals surface area (Å²) in [5.41, 5.74) is -1.45. The number of aliphatic hydroxyl groups excluding tert-OH is 2. The minimum Gasteiger partial charge on any atom is -0.507 e. The second-order valence-corrected chi connectivity index (χ2v) is 9.50. The molecule has 1 fully saturated rings. The number of fused-ring (bicyclic) bond motifs is 5. The van der Waals surface area contributed by atoms with E-state index in [0.29, 0.717) is 27.6 Å². The van der Waals surface area contributed by atoms with Crippen molar-refractivity contribution in [1.29, 1.82) is 0 Å². The van der Waals surface area contributed by atoms with Gasteiger partial charge in [0.1, 0.15) is 46.7 Å². The van der Waals surface area contributed by atoms with Crippen LogP contribution in [0.2, 0.25) is 0 Å². The van der Waals surface area contributed by atoms with E-state index < -0.39 is 35.6 Å². The highest BCUT2D eigenvalue weighted by atomic mass is 16.5. The first kappa shape index (κ1) is 25.0. The van der Waals surface area contributed by atoms with Gasteiger partial charge in [0.2, 0.25) is 0 Å². The van der Waals surface area contributed by atoms with Crippen molar-refractivity contribution in [3.05, 3.63) is 58.5 Å². The van der Waals surface area contributed by atoms with Gasteiger partial charge in [-0.1, -0.05) is 18.7 Å². The zero-order valence-corrected chi connectivity index (χ0v) is 20.8. The minimum atomic E-state index is -1.90. The van der Waals surface area contributed by atoms with Gasteiger partial charge in [0.05, 0.1) is 31.1 Å². The predicted octanol–water partition coefficient (Wildman–Crippen LogP) is 3.40. The summed E-state index contributed by atoms with van der Waals surface area (Å²) in [4.78, 5) is 13.3. The van der Waals surface area contributed by atoms with Crippen molar-refractivity contribution in [3.8, 4) is 17.2 Å². The van der Waals surface area contributed by atoms with Crippen LogP contribution in [0.5, 0.6) is 17.2 Å². The normalized spacial score (nSPS) is 26.0. The second kappa shape index (κ2) is 8.74. The monoisotopic (exact) mass is 508 g/mol. The lowest BCUT2D eigenvalue weighted by Gasteiger charge is -2.46. The smallest absolute Gasteiger partial charge is 0.344 e. The van der Waals surface area contributed by atoms with Crippen LogP contribution in [0, 0.1) is 0 Å². The average Bonchev–Trinajstić information content (AvgIpc) is 2.89. The van der Waals surface area contributed by atoms with Crippen LogP contribution in [-0.4, -0.2) is 58.6 Å². The van der Waals surface area contributed by atoms with Crippen molar-refractivity contribution in [2.24, 2.45) is 0 Å². The van der Waals surface area contributed by atoms with E-state index in [4.69, 9.17) is 18.6 Å². The highest BCUT2D eigenvalue weighted by Gasteiger charge is 2.51. The van der Waals surface area contributed by atoms with Crippen LogP contribution < -0.4 is 15.1 Å². The van der Waals surface area contributed by atoms with Gasteiger partial charge in [0.15, 0.2) is 0 Å². The molecule has 9 heteroatoms. The molecule has 1 aromatic heterocycles. The molecule has 37 heavy (non-hydrogen) atoms. The summed E-state index contributed by atoms with van der Waals surface area (Å²) in [5, 5.41) is 44.9. The summed E-state index contributed by atoms with van der Waals surface area (Å²) in [6.07, 6.45) is -3.29. The Morgan fingerprint density at radius 1 is 1.00 bits per heavy atom. The van der Waals surface area contributed by atoms with E-state index >= 15 is 0 Å². The van der Waals surface area contributed by atoms with Crippen LogP contribution in [0.4, 0.5) is 0 Å². The lowest BCUT2D eigenvalue weighted by atomic mass is 9.80. The Hall–Kier alpha value is -3.63. The first-order chi connectivity index (χ1) is 17.5. The zero-order valence-electron chi connectivity index (χ0n) is 20.8. The number of aliphatic hydroxyl groups is 3. The Kier molecular flexibility index (Phi) is 5.91. The number of aromatic hydroxyl groups is 1. The molecule has 194 valence electrons. The van der Waals surface area contributed by atoms with Crippen LogP contribution >= 0.6 is 0 Å². The quantitative estimate of drug-likeness (QED) is 0.241. The van der Waals surface area contributed by atoms with Crippen molar-refractivity contribution in [3.63, 3.8) is 0 Å². The summed E-state index contributed by atoms with van der Waals surface area (Å²) < 4.78 is 23.1. The maximum absolute atomic E-state index is 13.3. The standard InChI is InChI=1S/C28H28O9/c1-6-13-9-16-20(18(10-13)34-4)15-11-19(35-5)22-17(29)8-7-14(21(22)23(15)37-27(16)32)24-26(31)28(3,33)25(30)12(2)36-24/h6-12,24-26,29-31,33H,1H2,2-5H3/t12-,24+,25-,26+,28+/m0/s1. The third-order valence-electron chi connectivity index (χ3n) is 7.29. The fourth-order valence-corrected chi connectivity index (χ4v) is 5.28. The predicted molar refractivity (Wildman–Crippen MR) is 138 cm³/mol. The van der Waals surface area contributed by atoms with Crippen molar-refractivity contribution in [2.45, 2.75) is 43.9 Å². The van der Waals surface area contributed by atoms with Gasteiger partial charge in [0, 0.05) is 16.2 Å². The molecule has 1 aliphatic heterocycles. The first-order valence-corrected chi connectivity index (χ1v) is 11.7. The highest BCUT2D eigenvalue weighted by molar-refractivity contribution is 6.19. The molecule has 0 bridgehead atoms. The molecule has 0 radical (unpaired) electrons. The summed E-state index contributed by atoms with van der Waals surface area (Å²) in [5.74, 6) is 0.526. The number of phenols is 1. The largest absolute Gasteiger partial charge is 0.507 e. The molecule has 0 unspecified atom stereocenters. The maximum atomic E-state index is 13.3. The first-order valence-electron chi connectivity index (χ1n) is 11.7. The van der Waals surface area contributed by atoms with Gasteiger partial charge >= 0.3 is 5.63 Å². The van der Waals surface area contributed by atoms with Crippen molar-refractivity contribution in [1.82, 2.24) is 0 Å². The van der Waals surface area contributed by atoms with Gasteiger partial charge in [-0.25, -0.2) is 4.79 Å². The molecule has 2 heterocycles. The fraction of sp³-hybridized carbons (Fsp3) is 0.321. The number of methoxy groups -OCH3 is 2. The van der Waals surface area contributed by atoms with E-state index in [1.54, 1.807) is 31.2 Å². The number of hydrogen-bond donors (Lipinski definition) is 4. The molecule has 3 aromatic carbocycles. The average molecular weight is 509 g/mol. The third-order valence-corrected chi connectivity index (χ3v) is 7.29. The van der Waals surface area contributed by atoms with E-state index in [1.807, 2.05) is 0 Å². The molecule has 0 amide bonds. The lowest BCUT2D eigenvalue weighted by Crippen LogP contribution is -2.61. The maximum Gasteiger partial charge on any atom is 0.344 e. The van der Waals surface area contributed by atoms with Crippen LogP contribution in [0.3, 0.4) is 0 Å². The van der Waals surface area contributed by atoms with Gasteiger partial charge in [-0.3, -0.25) is 0 Å². The number of phenolic OH excluding ortho intramolecular Hbond substituents is 1. The molecule has 9 nitrogen and oxygen atoms in total. The molecule has 1 aliphatic rings. The van der Waals surface area contributed by atoms with Crippen molar-refractivity contribution >= 4 is 38.6 Å². The van der Waals surface area contributed by atoms with Gasteiger partial charge < -0.3 is 39.1 Å². The summed E-state index contributed by atoms with van der Waals surface area (Å²) in [6.45, 7) is 6.67. The summed E-state index contributed by atoms with van der Waals surface area (Å²) in [6, 6.07) is 7.95. The highest BCUT2D eigenvalue weighted by Crippen LogP contribution is 2.48. The Bertz CT molecular complexity index is 1620. The Balaban J connectivity index is 1.97. The van der Waals surface area contributed by atoms with Gasteiger partial charge in [-0.2, -0.15) is 0 Å². The van der Waals surface area contributed by atoms with Crippen molar-refractivity contribution < 1.29 is 39.1 Å². The molecule has 0 saturated carbocycles. The third kappa shape index (κ3) is 3.58. The molecule has 4 N–H and O–H groups in total. The molecule has 0 spiro atoms. The molecular formula is C28H28O9. The Labute approximate surface area is 211 Å². The van der Waals surface area contributed by atoms with E-state index in [9.17, 15) is 25.2 Å². The lowest BCUT2D eigenvalue weighted by molar-refractivity contribution is -0.261. The van der Waals surface area contributed by atoms with Crippen LogP contribution in [0.1, 0.15) is 31.1 Å². The molecular weight excluding hydrogens is 480 g/mol. The summed E-state index contributed by atoms with van der Waals surface area (Å²) in [7, 11) is 2.93. The van der Waals surface area contributed by atoms with E-state index in [2.05, 4.69) is 6.58 Å². The molecule has 0 aliphatic carbocycles. The van der Waals surface area contributed by atoms with Crippen LogP contribution in [0.15, 0.2) is 46.1 Å². The van der Waals surface area contributed by atoms with Crippen molar-refractivity contribution in [2.75, 3.05) is 14.2 Å². The number of hydrogen-bond acceptors (Lipinski definition) is 9. The zero-order chi connectivity index (χ0) is 26.8. The summed E-state index contributed by atoms with van der Waals surface area (Å²) >= 11 is 0. The Morgan fingerprint density at radius 2 is 1.68 bits per heavy atom. The van der Waals surface area contributed by atoms with E-state index in [1.165, 1.54) is 33.3 Å². The SMILES string of the molecule is C=Cc1cc(OC)c2c(c1)c(=O)oc1c2cc(OC)c2c(O)ccc([C@H]3O[C@@H](C)[C@H](O)[C@@](C)(O)[C@@H]3O)c21. The van der Waals surface area contributed by atoms with Gasteiger partial charge in [-0.15, -0.1) is 0 Å². The number of ether oxygens (including phenoxy) is 3. The molecule has 1 saturated heterocycles. The van der Waals surface area contributed by atoms with Gasteiger partial charge in [0.25, 0.3) is 0 Å². The Morgan fingerprint density at radius 3 is 2.32 bits per heavy atom. The topological polar surface area (TPSA) is 139 Å². The number of rotatable bonds is 4. The molecule has 5 rings (SSSR count). The van der Waals surface area contributed by atoms with Gasteiger partial charge in [-0.05, 0) is 49.2 Å². The van der Waals surface area contributed by atoms with Crippen LogP contribution in [-0.2, 0) is 4.74 Å². The van der Waals surface area contributed by atoms with Crippen LogP contribution in [0.25, 0.3) is 38.6 Å². The minimum absolute atomic E-state index is 0.109. The molecule has 5 atom stereocenters. The van der Waals surface area contributed by atoms with E-state index in [-0.39, 0.29) is 33.2 Å². The van der Waals surface area contributed by atoms with E-state index in [0.717, 1.165) is 0 Å².